The number of amides is 10. The number of Topliss-reactive ketones (excluding diaryl/α,β-unsaturated/α-hetero) is 1. The summed E-state index contributed by atoms with van der Waals surface area (Å²) in [6, 6.07) is 0. The van der Waals surface area contributed by atoms with Gasteiger partial charge in [-0.2, -0.15) is 23.5 Å². The molecule has 29 nitrogen and oxygen atoms in total. The molecule has 0 saturated carbocycles. The predicted octanol–water partition coefficient (Wildman–Crippen LogP) is 10.2. The van der Waals surface area contributed by atoms with Crippen molar-refractivity contribution < 1.29 is 71.8 Å². The van der Waals surface area contributed by atoms with Crippen LogP contribution in [0.4, 0.5) is 9.59 Å². The second-order valence-corrected chi connectivity index (χ2v) is 23.5. The lowest BCUT2D eigenvalue weighted by Crippen LogP contribution is -2.40. The Balaban J connectivity index is -0.000000101. The number of alkyl carbamates (subject to hydrolysis) is 2. The third-order valence-corrected chi connectivity index (χ3v) is 13.1. The van der Waals surface area contributed by atoms with E-state index in [1.165, 1.54) is 29.7 Å². The van der Waals surface area contributed by atoms with Gasteiger partial charge in [0.15, 0.2) is 6.61 Å². The number of carbonyl (C=O) groups excluding carboxylic acids is 11. The molecule has 0 bridgehead atoms. The second kappa shape index (κ2) is 107. The summed E-state index contributed by atoms with van der Waals surface area (Å²) in [6.07, 6.45) is 8.10. The minimum Gasteiger partial charge on any atom is -0.450 e. The maximum atomic E-state index is 11.7. The van der Waals surface area contributed by atoms with Crippen LogP contribution in [0.2, 0.25) is 0 Å². The number of imide groups is 1. The van der Waals surface area contributed by atoms with E-state index in [2.05, 4.69) is 126 Å². The smallest absolute Gasteiger partial charge is 0.407 e. The second-order valence-electron chi connectivity index (χ2n) is 19.2. The first kappa shape index (κ1) is 121. The van der Waals surface area contributed by atoms with Crippen molar-refractivity contribution in [1.82, 2.24) is 67.7 Å². The van der Waals surface area contributed by atoms with E-state index in [-0.39, 0.29) is 84.6 Å². The van der Waals surface area contributed by atoms with Gasteiger partial charge < -0.3 is 66.9 Å². The third-order valence-electron chi connectivity index (χ3n) is 10.3. The van der Waals surface area contributed by atoms with Crippen LogP contribution < -0.4 is 47.9 Å². The molecule has 9 N–H and O–H groups in total. The van der Waals surface area contributed by atoms with Gasteiger partial charge in [0.1, 0.15) is 25.4 Å². The number of thioether (sulfide) groups is 3. The molecule has 2 rings (SSSR count). The van der Waals surface area contributed by atoms with Crippen LogP contribution >= 0.6 is 35.3 Å². The van der Waals surface area contributed by atoms with Gasteiger partial charge in [0.2, 0.25) is 41.4 Å². The Labute approximate surface area is 637 Å². The number of ketones is 1. The fraction of sp³-hybridized carbons (Fsp3) is 0.803. The van der Waals surface area contributed by atoms with Crippen molar-refractivity contribution in [2.24, 2.45) is 5.16 Å². The molecule has 103 heavy (non-hydrogen) atoms. The van der Waals surface area contributed by atoms with Gasteiger partial charge in [-0.05, 0) is 139 Å². The largest absolute Gasteiger partial charge is 0.450 e. The average Bonchev–Trinajstić information content (AvgIpc) is 1.69. The molecule has 612 valence electrons. The van der Waals surface area contributed by atoms with E-state index in [0.717, 1.165) is 80.9 Å². The summed E-state index contributed by atoms with van der Waals surface area (Å²) in [5, 5.41) is 34.6. The van der Waals surface area contributed by atoms with Crippen LogP contribution in [0.25, 0.3) is 0 Å². The first-order valence-corrected chi connectivity index (χ1v) is 40.4. The number of likely N-dealkylation sites (N-methyl/N-ethyl adjacent to an activating group) is 2. The number of aromatic nitrogens is 3. The highest BCUT2D eigenvalue weighted by atomic mass is 32.2. The molecule has 32 heteroatoms. The van der Waals surface area contributed by atoms with Crippen molar-refractivity contribution in [3.63, 3.8) is 0 Å². The lowest BCUT2D eigenvalue weighted by molar-refractivity contribution is -0.142. The molecule has 1 aromatic heterocycles. The summed E-state index contributed by atoms with van der Waals surface area (Å²) < 4.78 is 15.7. The predicted molar refractivity (Wildman–Crippen MR) is 431 cm³/mol. The molecule has 1 aliphatic heterocycles. The summed E-state index contributed by atoms with van der Waals surface area (Å²) in [6.45, 7) is 61.1. The van der Waals surface area contributed by atoms with Gasteiger partial charge in [-0.1, -0.05) is 107 Å². The number of carbonyl (C=O) groups is 11. The summed E-state index contributed by atoms with van der Waals surface area (Å²) in [5.74, 6) is 4.03. The Bertz CT molecular complexity index is 2020. The summed E-state index contributed by atoms with van der Waals surface area (Å²) in [5.41, 5.74) is 1.07. The molecule has 0 aliphatic carbocycles. The van der Waals surface area contributed by atoms with Crippen molar-refractivity contribution in [3.05, 3.63) is 11.9 Å². The molecule has 1 unspecified atom stereocenters. The maximum absolute atomic E-state index is 11.7. The Morgan fingerprint density at radius 1 is 0.505 bits per heavy atom. The zero-order chi connectivity index (χ0) is 81.7. The van der Waals surface area contributed by atoms with Gasteiger partial charge in [-0.25, -0.2) is 9.59 Å². The first-order valence-electron chi connectivity index (χ1n) is 37.0. The fourth-order valence-electron chi connectivity index (χ4n) is 5.64. The minimum absolute atomic E-state index is 0.0678. The zero-order valence-corrected chi connectivity index (χ0v) is 71.5. The van der Waals surface area contributed by atoms with Gasteiger partial charge in [0, 0.05) is 110 Å². The third kappa shape index (κ3) is 114. The molecule has 0 radical (unpaired) electrons. The van der Waals surface area contributed by atoms with Gasteiger partial charge in [0.25, 0.3) is 5.91 Å². The zero-order valence-electron chi connectivity index (χ0n) is 69.0. The van der Waals surface area contributed by atoms with Crippen LogP contribution in [-0.4, -0.2) is 230 Å². The molecule has 1 saturated heterocycles. The molecule has 1 aliphatic rings. The van der Waals surface area contributed by atoms with Crippen LogP contribution in [0.15, 0.2) is 11.4 Å². The molecular formula is C71H150N14O15S3. The molecule has 10 amide bonds. The highest BCUT2D eigenvalue weighted by Crippen LogP contribution is 2.24. The molecular weight excluding hydrogens is 1390 g/mol. The van der Waals surface area contributed by atoms with E-state index in [1.807, 2.05) is 126 Å². The van der Waals surface area contributed by atoms with E-state index in [0.29, 0.717) is 83.3 Å². The Morgan fingerprint density at radius 3 is 1.24 bits per heavy atom. The Kier molecular flexibility index (Phi) is 125. The lowest BCUT2D eigenvalue weighted by Gasteiger charge is -2.13. The topological polar surface area (TPSA) is 379 Å². The van der Waals surface area contributed by atoms with Crippen molar-refractivity contribution in [2.75, 3.05) is 134 Å². The number of ether oxygens (including phenoxy) is 3. The molecule has 0 aromatic carbocycles. The minimum atomic E-state index is -0.566. The van der Waals surface area contributed by atoms with Gasteiger partial charge in [-0.3, -0.25) is 52.7 Å². The number of rotatable bonds is 34. The SMILES string of the molecule is CCC.CCC(=O)CC.CCC=NOCC.CCNC(=O)CC.CCNC(=O)CC(=O)NCC.CCNC(=O)CN1C(=O)CC(SCC)C1=O.CCNC(=O)COC(=O)NCC.CCNC(=O)CSCC.CCNC(=O)OCC.CCNCC.CCOCC.CCSCC.CCc1cn(CC)nn1. The number of hydrogen-bond donors (Lipinski definition) is 9. The Morgan fingerprint density at radius 2 is 0.942 bits per heavy atom. The number of aryl methyl sites for hydroxylation is 2. The van der Waals surface area contributed by atoms with E-state index in [1.54, 1.807) is 45.7 Å². The fourth-order valence-corrected chi connectivity index (χ4v) is 7.48. The summed E-state index contributed by atoms with van der Waals surface area (Å²) in [7, 11) is 0. The summed E-state index contributed by atoms with van der Waals surface area (Å²) >= 11 is 5.06. The van der Waals surface area contributed by atoms with Crippen LogP contribution in [0.1, 0.15) is 231 Å². The van der Waals surface area contributed by atoms with Gasteiger partial charge in [-0.15, -0.1) is 16.9 Å². The van der Waals surface area contributed by atoms with Crippen molar-refractivity contribution in [1.29, 1.82) is 0 Å². The molecule has 1 aromatic rings. The quantitative estimate of drug-likeness (QED) is 0.0134. The molecule has 0 spiro atoms. The van der Waals surface area contributed by atoms with Crippen LogP contribution in [0.3, 0.4) is 0 Å². The van der Waals surface area contributed by atoms with Crippen molar-refractivity contribution >= 4 is 107 Å². The Hall–Kier alpha value is -6.25. The van der Waals surface area contributed by atoms with Crippen LogP contribution in [-0.2, 0) is 75.2 Å². The highest BCUT2D eigenvalue weighted by Gasteiger charge is 2.39. The monoisotopic (exact) mass is 1540 g/mol. The molecule has 1 fully saturated rings. The molecule has 1 atom stereocenters. The standard InChI is InChI=1S/C10H16N2O3S.C7H14N2O3.C7H14N2O2.C6H11N3.C6H13NOS.C5H11NO2.2C5H11NO.C5H10O.C4H11N.C4H10O.C4H10S.C3H8/c1-3-11-8(13)6-12-9(14)5-7(10(12)15)16-4-2;1-3-8-6(10)5-12-7(11)9-4-2;1-3-8-6(10)5-7(11)9-4-2;1-3-6-5-9(4-2)8-7-6;1-3-7-6(8)5-9-4-2;1-3-6-5(7)8-4-2;1-3-5-6-7-4-2;1-3-5(7)6-4-2;1-3-5(6)4-2;3*1-3-5-4-2;1-3-2/h7H,3-6H2,1-2H3,(H,11,13);3-5H2,1-2H3,(H,8,10)(H,9,11);3-5H2,1-2H3,(H,8,10)(H,9,11);5H,3-4H2,1-2H3;3-5H2,1-2H3,(H,7,8);3-4H2,1-2H3,(H,6,7);5H,3-4H2,1-2H3;3-4H2,1-2H3,(H,6,7);3-4H2,1-2H3;5H,3-4H2,1-2H3;2*3-4H2,1-2H3;3H2,1-2H3. The van der Waals surface area contributed by atoms with E-state index in [4.69, 9.17) is 4.74 Å². The van der Waals surface area contributed by atoms with Gasteiger partial charge in [0.05, 0.1) is 23.3 Å². The van der Waals surface area contributed by atoms with E-state index < -0.39 is 6.09 Å². The lowest BCUT2D eigenvalue weighted by atomic mass is 10.3. The number of hydrogen-bond acceptors (Lipinski definition) is 22. The van der Waals surface area contributed by atoms with E-state index >= 15 is 0 Å². The number of oxime groups is 1. The van der Waals surface area contributed by atoms with Crippen molar-refractivity contribution in [2.45, 2.75) is 243 Å². The number of nitrogens with zero attached hydrogens (tertiary/aromatic N) is 5. The van der Waals surface area contributed by atoms with Crippen molar-refractivity contribution in [3.8, 4) is 0 Å². The van der Waals surface area contributed by atoms with E-state index in [9.17, 15) is 52.7 Å². The maximum Gasteiger partial charge on any atom is 0.407 e. The number of likely N-dealkylation sites (tertiary alicyclic amines) is 1. The van der Waals surface area contributed by atoms with Crippen LogP contribution in [0.5, 0.6) is 0 Å². The van der Waals surface area contributed by atoms with Gasteiger partial charge >= 0.3 is 12.2 Å². The number of nitrogens with one attached hydrogen (secondary N) is 9. The summed E-state index contributed by atoms with van der Waals surface area (Å²) in [4.78, 5) is 125. The first-order chi connectivity index (χ1) is 49.2. The average molecular weight is 1540 g/mol. The highest BCUT2D eigenvalue weighted by molar-refractivity contribution is 8.00. The normalized spacial score (nSPS) is 10.6. The van der Waals surface area contributed by atoms with Crippen LogP contribution in [0, 0.1) is 0 Å². The molecule has 2 heterocycles.